The van der Waals surface area contributed by atoms with Crippen molar-refractivity contribution in [3.05, 3.63) is 11.4 Å². The molecule has 20 heavy (non-hydrogen) atoms. The van der Waals surface area contributed by atoms with Crippen LogP contribution >= 0.6 is 11.6 Å². The maximum absolute atomic E-state index is 12.6. The van der Waals surface area contributed by atoms with Gasteiger partial charge in [0, 0.05) is 0 Å². The minimum absolute atomic E-state index is 0.119. The second-order valence-corrected chi connectivity index (χ2v) is 13.0. The maximum Gasteiger partial charge on any atom is 0.192 e. The average Bonchev–Trinajstić information content (AvgIpc) is 2.11. The summed E-state index contributed by atoms with van der Waals surface area (Å²) in [5.74, 6) is 0.177. The first kappa shape index (κ1) is 20.1. The minimum atomic E-state index is -1.74. The Morgan fingerprint density at radius 3 is 2.15 bits per heavy atom. The fourth-order valence-corrected chi connectivity index (χ4v) is 4.05. The van der Waals surface area contributed by atoms with Crippen LogP contribution in [0.25, 0.3) is 0 Å². The van der Waals surface area contributed by atoms with E-state index in [1.807, 2.05) is 6.92 Å². The van der Waals surface area contributed by atoms with Crippen LogP contribution in [0.5, 0.6) is 0 Å². The third kappa shape index (κ3) is 7.80. The van der Waals surface area contributed by atoms with E-state index in [4.69, 9.17) is 16.0 Å². The van der Waals surface area contributed by atoms with Crippen molar-refractivity contribution in [1.29, 1.82) is 0 Å². The van der Waals surface area contributed by atoms with Crippen LogP contribution in [-0.4, -0.2) is 13.9 Å². The molecule has 0 fully saturated rings. The van der Waals surface area contributed by atoms with Crippen molar-refractivity contribution in [2.45, 2.75) is 84.5 Å². The zero-order valence-corrected chi connectivity index (χ0v) is 16.2. The first-order valence-corrected chi connectivity index (χ1v) is 10.8. The van der Waals surface area contributed by atoms with Gasteiger partial charge in [-0.05, 0) is 56.8 Å². The molecule has 0 aliphatic rings. The zero-order valence-electron chi connectivity index (χ0n) is 14.4. The molecule has 0 aliphatic heterocycles. The molecular weight excluding hydrogens is 291 g/mol. The Morgan fingerprint density at radius 2 is 1.75 bits per heavy atom. The van der Waals surface area contributed by atoms with Crippen molar-refractivity contribution >= 4 is 19.9 Å². The molecule has 0 saturated heterocycles. The van der Waals surface area contributed by atoms with E-state index in [0.717, 1.165) is 19.3 Å². The SMILES string of the molecule is C[C@@H](/C=C(/F)Cl)CCCC(C)(C)O[Si](C)(C)C(C)(C)C. The lowest BCUT2D eigenvalue weighted by Crippen LogP contribution is -2.47. The monoisotopic (exact) mass is 322 g/mol. The quantitative estimate of drug-likeness (QED) is 0.477. The molecule has 0 aromatic heterocycles. The van der Waals surface area contributed by atoms with Crippen molar-refractivity contribution in [3.8, 4) is 0 Å². The van der Waals surface area contributed by atoms with Crippen LogP contribution in [0.3, 0.4) is 0 Å². The molecule has 120 valence electrons. The average molecular weight is 323 g/mol. The van der Waals surface area contributed by atoms with Crippen LogP contribution in [0.4, 0.5) is 4.39 Å². The van der Waals surface area contributed by atoms with E-state index in [0.29, 0.717) is 0 Å². The number of allylic oxidation sites excluding steroid dienone is 1. The third-order valence-electron chi connectivity index (χ3n) is 4.19. The lowest BCUT2D eigenvalue weighted by molar-refractivity contribution is 0.0788. The van der Waals surface area contributed by atoms with E-state index in [1.54, 1.807) is 0 Å². The molecule has 0 N–H and O–H groups in total. The smallest absolute Gasteiger partial charge is 0.192 e. The summed E-state index contributed by atoms with van der Waals surface area (Å²) in [6.45, 7) is 17.6. The highest BCUT2D eigenvalue weighted by atomic mass is 35.5. The van der Waals surface area contributed by atoms with Gasteiger partial charge in [0.15, 0.2) is 13.6 Å². The molecule has 0 spiro atoms. The summed E-state index contributed by atoms with van der Waals surface area (Å²) in [5, 5.41) is -0.378. The molecule has 0 amide bonds. The summed E-state index contributed by atoms with van der Waals surface area (Å²) in [7, 11) is -1.74. The third-order valence-corrected chi connectivity index (χ3v) is 8.99. The molecule has 0 saturated carbocycles. The van der Waals surface area contributed by atoms with Crippen LogP contribution in [0.2, 0.25) is 18.1 Å². The molecular formula is C16H32ClFOSi. The van der Waals surface area contributed by atoms with Crippen LogP contribution in [-0.2, 0) is 4.43 Å². The summed E-state index contributed by atoms with van der Waals surface area (Å²) in [6, 6.07) is 0. The molecule has 0 aliphatic carbocycles. The zero-order chi connectivity index (χ0) is 16.2. The summed E-state index contributed by atoms with van der Waals surface area (Å²) in [6.07, 6.45) is 4.42. The normalized spacial score (nSPS) is 16.4. The molecule has 0 heterocycles. The maximum atomic E-state index is 12.6. The Balaban J connectivity index is 4.37. The molecule has 0 rings (SSSR count). The van der Waals surface area contributed by atoms with E-state index >= 15 is 0 Å². The van der Waals surface area contributed by atoms with Gasteiger partial charge < -0.3 is 4.43 Å². The number of hydrogen-bond donors (Lipinski definition) is 0. The van der Waals surface area contributed by atoms with Gasteiger partial charge in [-0.15, -0.1) is 0 Å². The van der Waals surface area contributed by atoms with Gasteiger partial charge in [0.05, 0.1) is 5.60 Å². The second-order valence-electron chi connectivity index (χ2n) is 7.95. The van der Waals surface area contributed by atoms with Crippen LogP contribution in [0.15, 0.2) is 11.4 Å². The van der Waals surface area contributed by atoms with Gasteiger partial charge in [0.1, 0.15) is 0 Å². The number of halogens is 2. The van der Waals surface area contributed by atoms with E-state index < -0.39 is 13.6 Å². The lowest BCUT2D eigenvalue weighted by Gasteiger charge is -2.43. The van der Waals surface area contributed by atoms with Crippen LogP contribution in [0.1, 0.15) is 60.8 Å². The van der Waals surface area contributed by atoms with E-state index in [-0.39, 0.29) is 16.6 Å². The highest BCUT2D eigenvalue weighted by Crippen LogP contribution is 2.40. The van der Waals surface area contributed by atoms with Gasteiger partial charge in [-0.25, -0.2) is 0 Å². The van der Waals surface area contributed by atoms with Crippen LogP contribution in [0, 0.1) is 5.92 Å². The summed E-state index contributed by atoms with van der Waals surface area (Å²) >= 11 is 5.25. The molecule has 4 heteroatoms. The fourth-order valence-electron chi connectivity index (χ4n) is 2.04. The Kier molecular flexibility index (Phi) is 7.47. The van der Waals surface area contributed by atoms with Gasteiger partial charge >= 0.3 is 0 Å². The molecule has 0 unspecified atom stereocenters. The largest absolute Gasteiger partial charge is 0.412 e. The van der Waals surface area contributed by atoms with Crippen molar-refractivity contribution in [3.63, 3.8) is 0 Å². The lowest BCUT2D eigenvalue weighted by atomic mass is 9.97. The van der Waals surface area contributed by atoms with E-state index in [9.17, 15) is 4.39 Å². The Labute approximate surface area is 131 Å². The molecule has 1 atom stereocenters. The highest BCUT2D eigenvalue weighted by molar-refractivity contribution is 6.74. The molecule has 0 aromatic rings. The highest BCUT2D eigenvalue weighted by Gasteiger charge is 2.41. The molecule has 0 aromatic carbocycles. The predicted molar refractivity (Wildman–Crippen MR) is 90.4 cm³/mol. The standard InChI is InChI=1S/C16H32ClFOSi/c1-13(12-14(17)18)10-9-11-16(5,6)19-20(7,8)15(2,3)4/h12-13H,9-11H2,1-8H3/b14-12+/t13-/m1/s1. The van der Waals surface area contributed by atoms with Gasteiger partial charge in [-0.3, -0.25) is 0 Å². The molecule has 0 radical (unpaired) electrons. The predicted octanol–water partition coefficient (Wildman–Crippen LogP) is 6.64. The van der Waals surface area contributed by atoms with E-state index in [2.05, 4.69) is 47.7 Å². The number of hydrogen-bond acceptors (Lipinski definition) is 1. The first-order chi connectivity index (χ1) is 8.77. The molecule has 0 bridgehead atoms. The van der Waals surface area contributed by atoms with Gasteiger partial charge in [0.25, 0.3) is 0 Å². The van der Waals surface area contributed by atoms with Crippen LogP contribution < -0.4 is 0 Å². The second kappa shape index (κ2) is 7.41. The van der Waals surface area contributed by atoms with E-state index in [1.165, 1.54) is 6.08 Å². The minimum Gasteiger partial charge on any atom is -0.412 e. The van der Waals surface area contributed by atoms with Crippen molar-refractivity contribution < 1.29 is 8.82 Å². The Bertz CT molecular complexity index is 328. The number of rotatable bonds is 7. The summed E-state index contributed by atoms with van der Waals surface area (Å²) < 4.78 is 19.1. The van der Waals surface area contributed by atoms with Gasteiger partial charge in [0.2, 0.25) is 0 Å². The Hall–Kier alpha value is 0.137. The van der Waals surface area contributed by atoms with Gasteiger partial charge in [-0.2, -0.15) is 4.39 Å². The first-order valence-electron chi connectivity index (χ1n) is 7.50. The summed E-state index contributed by atoms with van der Waals surface area (Å²) in [4.78, 5) is 0. The van der Waals surface area contributed by atoms with Gasteiger partial charge in [-0.1, -0.05) is 45.7 Å². The fraction of sp³-hybridized carbons (Fsp3) is 0.875. The van der Waals surface area contributed by atoms with Crippen molar-refractivity contribution in [1.82, 2.24) is 0 Å². The summed E-state index contributed by atoms with van der Waals surface area (Å²) in [5.41, 5.74) is -0.119. The molecule has 1 nitrogen and oxygen atoms in total. The topological polar surface area (TPSA) is 9.23 Å². The van der Waals surface area contributed by atoms with Crippen molar-refractivity contribution in [2.24, 2.45) is 5.92 Å². The van der Waals surface area contributed by atoms with Crippen molar-refractivity contribution in [2.75, 3.05) is 0 Å². The Morgan fingerprint density at radius 1 is 1.25 bits per heavy atom.